The summed E-state index contributed by atoms with van der Waals surface area (Å²) < 4.78 is 11.7. The number of nitrogens with zero attached hydrogens (tertiary/aromatic N) is 1. The second-order valence-electron chi connectivity index (χ2n) is 7.05. The molecule has 1 atom stereocenters. The lowest BCUT2D eigenvalue weighted by Crippen LogP contribution is -2.54. The molecule has 3 aliphatic rings. The van der Waals surface area contributed by atoms with Gasteiger partial charge in [0.25, 0.3) is 0 Å². The Morgan fingerprint density at radius 2 is 1.86 bits per heavy atom. The summed E-state index contributed by atoms with van der Waals surface area (Å²) in [5, 5.41) is 3.68. The van der Waals surface area contributed by atoms with Crippen LogP contribution in [-0.2, 0) is 9.47 Å². The van der Waals surface area contributed by atoms with Crippen LogP contribution in [0, 0.1) is 0 Å². The van der Waals surface area contributed by atoms with Gasteiger partial charge in [0, 0.05) is 31.9 Å². The van der Waals surface area contributed by atoms with Gasteiger partial charge >= 0.3 is 0 Å². The summed E-state index contributed by atoms with van der Waals surface area (Å²) in [6.07, 6.45) is 8.50. The standard InChI is InChI=1S/C17H32N2O2/c1-2-8-18-15-3-9-19(10-4-15)16-5-11-21-17(14-16)6-12-20-13-7-17/h15-16,18H,2-14H2,1H3. The SMILES string of the molecule is CCCNC1CCN(C2CCOC3(CCOCC3)C2)CC1. The molecule has 122 valence electrons. The molecule has 3 heterocycles. The number of piperidine rings is 1. The number of hydrogen-bond donors (Lipinski definition) is 1. The topological polar surface area (TPSA) is 33.7 Å². The maximum Gasteiger partial charge on any atom is 0.0741 e. The number of hydrogen-bond acceptors (Lipinski definition) is 4. The second kappa shape index (κ2) is 7.40. The molecule has 21 heavy (non-hydrogen) atoms. The van der Waals surface area contributed by atoms with E-state index in [0.29, 0.717) is 0 Å². The molecule has 0 aliphatic carbocycles. The van der Waals surface area contributed by atoms with E-state index in [2.05, 4.69) is 17.1 Å². The summed E-state index contributed by atoms with van der Waals surface area (Å²) in [6, 6.07) is 1.49. The highest BCUT2D eigenvalue weighted by molar-refractivity contribution is 4.93. The van der Waals surface area contributed by atoms with Crippen LogP contribution in [0.1, 0.15) is 51.9 Å². The van der Waals surface area contributed by atoms with E-state index < -0.39 is 0 Å². The van der Waals surface area contributed by atoms with Gasteiger partial charge in [-0.05, 0) is 64.6 Å². The van der Waals surface area contributed by atoms with Crippen molar-refractivity contribution in [1.82, 2.24) is 10.2 Å². The number of rotatable bonds is 4. The lowest BCUT2D eigenvalue weighted by atomic mass is 9.83. The summed E-state index contributed by atoms with van der Waals surface area (Å²) in [4.78, 5) is 2.74. The van der Waals surface area contributed by atoms with Crippen LogP contribution in [-0.4, -0.2) is 62.0 Å². The van der Waals surface area contributed by atoms with Gasteiger partial charge < -0.3 is 19.7 Å². The minimum atomic E-state index is 0.137. The smallest absolute Gasteiger partial charge is 0.0741 e. The predicted molar refractivity (Wildman–Crippen MR) is 84.6 cm³/mol. The maximum atomic E-state index is 6.18. The molecular formula is C17H32N2O2. The predicted octanol–water partition coefficient (Wildman–Crippen LogP) is 2.18. The fourth-order valence-electron chi connectivity index (χ4n) is 4.22. The van der Waals surface area contributed by atoms with E-state index in [9.17, 15) is 0 Å². The molecule has 3 aliphatic heterocycles. The monoisotopic (exact) mass is 296 g/mol. The Balaban J connectivity index is 1.48. The zero-order valence-corrected chi connectivity index (χ0v) is 13.6. The van der Waals surface area contributed by atoms with Crippen LogP contribution in [0.3, 0.4) is 0 Å². The molecule has 1 unspecified atom stereocenters. The van der Waals surface area contributed by atoms with E-state index in [-0.39, 0.29) is 5.60 Å². The molecule has 0 saturated carbocycles. The van der Waals surface area contributed by atoms with Crippen LogP contribution < -0.4 is 5.32 Å². The molecule has 0 aromatic heterocycles. The summed E-state index contributed by atoms with van der Waals surface area (Å²) in [5.41, 5.74) is 0.137. The Kier molecular flexibility index (Phi) is 5.54. The first kappa shape index (κ1) is 15.7. The van der Waals surface area contributed by atoms with Gasteiger partial charge in [-0.3, -0.25) is 0 Å². The third-order valence-corrected chi connectivity index (χ3v) is 5.60. The molecule has 0 aromatic carbocycles. The molecule has 0 aromatic rings. The van der Waals surface area contributed by atoms with Crippen molar-refractivity contribution in [1.29, 1.82) is 0 Å². The van der Waals surface area contributed by atoms with Crippen LogP contribution in [0.15, 0.2) is 0 Å². The van der Waals surface area contributed by atoms with Crippen molar-refractivity contribution in [2.24, 2.45) is 0 Å². The van der Waals surface area contributed by atoms with Gasteiger partial charge in [0.15, 0.2) is 0 Å². The van der Waals surface area contributed by atoms with Gasteiger partial charge in [-0.25, -0.2) is 0 Å². The first-order chi connectivity index (χ1) is 10.3. The Morgan fingerprint density at radius 1 is 1.10 bits per heavy atom. The van der Waals surface area contributed by atoms with E-state index in [4.69, 9.17) is 9.47 Å². The Labute approximate surface area is 129 Å². The molecule has 4 nitrogen and oxygen atoms in total. The number of ether oxygens (including phenoxy) is 2. The number of nitrogens with one attached hydrogen (secondary N) is 1. The molecule has 0 radical (unpaired) electrons. The van der Waals surface area contributed by atoms with Gasteiger partial charge in [0.2, 0.25) is 0 Å². The molecule has 0 amide bonds. The highest BCUT2D eigenvalue weighted by atomic mass is 16.5. The van der Waals surface area contributed by atoms with Gasteiger partial charge in [0.1, 0.15) is 0 Å². The summed E-state index contributed by atoms with van der Waals surface area (Å²) in [5.74, 6) is 0. The average Bonchev–Trinajstić information content (AvgIpc) is 2.54. The Hall–Kier alpha value is -0.160. The molecule has 0 bridgehead atoms. The van der Waals surface area contributed by atoms with E-state index in [0.717, 1.165) is 44.7 Å². The molecule has 1 spiro atoms. The lowest BCUT2D eigenvalue weighted by Gasteiger charge is -2.47. The summed E-state index contributed by atoms with van der Waals surface area (Å²) in [6.45, 7) is 8.66. The van der Waals surface area contributed by atoms with Gasteiger partial charge in [-0.1, -0.05) is 6.92 Å². The van der Waals surface area contributed by atoms with Crippen molar-refractivity contribution in [2.75, 3.05) is 39.5 Å². The molecule has 4 heteroatoms. The fraction of sp³-hybridized carbons (Fsp3) is 1.00. The van der Waals surface area contributed by atoms with Crippen molar-refractivity contribution in [3.8, 4) is 0 Å². The van der Waals surface area contributed by atoms with Crippen LogP contribution in [0.4, 0.5) is 0 Å². The minimum Gasteiger partial charge on any atom is -0.381 e. The van der Waals surface area contributed by atoms with Crippen molar-refractivity contribution in [3.63, 3.8) is 0 Å². The van der Waals surface area contributed by atoms with Crippen LogP contribution in [0.25, 0.3) is 0 Å². The van der Waals surface area contributed by atoms with Crippen molar-refractivity contribution in [2.45, 2.75) is 69.6 Å². The largest absolute Gasteiger partial charge is 0.381 e. The minimum absolute atomic E-state index is 0.137. The lowest BCUT2D eigenvalue weighted by molar-refractivity contribution is -0.152. The normalized spacial score (nSPS) is 31.6. The molecule has 1 N–H and O–H groups in total. The van der Waals surface area contributed by atoms with E-state index >= 15 is 0 Å². The first-order valence-electron chi connectivity index (χ1n) is 9.00. The zero-order valence-electron chi connectivity index (χ0n) is 13.6. The van der Waals surface area contributed by atoms with Crippen LogP contribution >= 0.6 is 0 Å². The van der Waals surface area contributed by atoms with Gasteiger partial charge in [-0.15, -0.1) is 0 Å². The first-order valence-corrected chi connectivity index (χ1v) is 9.00. The van der Waals surface area contributed by atoms with Crippen molar-refractivity contribution >= 4 is 0 Å². The van der Waals surface area contributed by atoms with Crippen molar-refractivity contribution in [3.05, 3.63) is 0 Å². The summed E-state index contributed by atoms with van der Waals surface area (Å²) in [7, 11) is 0. The molecule has 3 fully saturated rings. The summed E-state index contributed by atoms with van der Waals surface area (Å²) >= 11 is 0. The van der Waals surface area contributed by atoms with E-state index in [1.54, 1.807) is 0 Å². The van der Waals surface area contributed by atoms with E-state index in [1.165, 1.54) is 51.7 Å². The maximum absolute atomic E-state index is 6.18. The fourth-order valence-corrected chi connectivity index (χ4v) is 4.22. The average molecular weight is 296 g/mol. The molecule has 3 rings (SSSR count). The number of likely N-dealkylation sites (tertiary alicyclic amines) is 1. The van der Waals surface area contributed by atoms with Gasteiger partial charge in [0.05, 0.1) is 5.60 Å². The highest BCUT2D eigenvalue weighted by Gasteiger charge is 2.41. The zero-order chi connectivity index (χ0) is 14.5. The third-order valence-electron chi connectivity index (χ3n) is 5.60. The Bertz CT molecular complexity index is 304. The Morgan fingerprint density at radius 3 is 2.57 bits per heavy atom. The highest BCUT2D eigenvalue weighted by Crippen LogP contribution is 2.36. The third kappa shape index (κ3) is 3.98. The molecular weight excluding hydrogens is 264 g/mol. The van der Waals surface area contributed by atoms with Gasteiger partial charge in [-0.2, -0.15) is 0 Å². The quantitative estimate of drug-likeness (QED) is 0.862. The van der Waals surface area contributed by atoms with Crippen LogP contribution in [0.5, 0.6) is 0 Å². The van der Waals surface area contributed by atoms with Crippen molar-refractivity contribution < 1.29 is 9.47 Å². The van der Waals surface area contributed by atoms with Crippen LogP contribution in [0.2, 0.25) is 0 Å². The second-order valence-corrected chi connectivity index (χ2v) is 7.05. The van der Waals surface area contributed by atoms with E-state index in [1.807, 2.05) is 0 Å². The molecule has 3 saturated heterocycles.